The number of nitrogens with zero attached hydrogens (tertiary/aromatic N) is 1. The highest BCUT2D eigenvalue weighted by molar-refractivity contribution is 7.85. The smallest absolute Gasteiger partial charge is 0.171 e. The highest BCUT2D eigenvalue weighted by atomic mass is 31.2. The zero-order chi connectivity index (χ0) is 27.4. The van der Waals surface area contributed by atoms with Gasteiger partial charge in [-0.2, -0.15) is 0 Å². The van der Waals surface area contributed by atoms with Gasteiger partial charge in [-0.1, -0.05) is 115 Å². The molecule has 0 saturated heterocycles. The number of aromatic nitrogens is 1. The van der Waals surface area contributed by atoms with Crippen LogP contribution in [0.2, 0.25) is 0 Å². The molecule has 0 fully saturated rings. The van der Waals surface area contributed by atoms with E-state index in [0.717, 1.165) is 43.4 Å². The van der Waals surface area contributed by atoms with E-state index in [4.69, 9.17) is 0 Å². The number of hydrogen-bond donors (Lipinski definition) is 0. The van der Waals surface area contributed by atoms with Gasteiger partial charge in [0.15, 0.2) is 7.14 Å². The van der Waals surface area contributed by atoms with Crippen LogP contribution in [0, 0.1) is 0 Å². The van der Waals surface area contributed by atoms with Crippen LogP contribution in [0.25, 0.3) is 49.0 Å². The average molecular weight is 544 g/mol. The first-order valence-corrected chi connectivity index (χ1v) is 15.6. The fourth-order valence-corrected chi connectivity index (χ4v) is 8.96. The van der Waals surface area contributed by atoms with Crippen molar-refractivity contribution in [1.82, 2.24) is 4.57 Å². The van der Waals surface area contributed by atoms with Gasteiger partial charge in [-0.15, -0.1) is 0 Å². The molecule has 0 aliphatic rings. The minimum atomic E-state index is -3.10. The van der Waals surface area contributed by atoms with E-state index in [1.165, 1.54) is 21.5 Å². The molecule has 0 spiro atoms. The van der Waals surface area contributed by atoms with E-state index < -0.39 is 7.14 Å². The molecular formula is C38H26NOP. The maximum Gasteiger partial charge on any atom is 0.171 e. The summed E-state index contributed by atoms with van der Waals surface area (Å²) < 4.78 is 17.5. The molecule has 2 nitrogen and oxygen atoms in total. The Morgan fingerprint density at radius 3 is 1.71 bits per heavy atom. The van der Waals surface area contributed by atoms with Gasteiger partial charge >= 0.3 is 0 Å². The lowest BCUT2D eigenvalue weighted by Crippen LogP contribution is -2.24. The monoisotopic (exact) mass is 543 g/mol. The Morgan fingerprint density at radius 1 is 0.390 bits per heavy atom. The van der Waals surface area contributed by atoms with Crippen molar-refractivity contribution in [3.05, 3.63) is 158 Å². The molecule has 0 bridgehead atoms. The number of fused-ring (bicyclic) bond motifs is 5. The van der Waals surface area contributed by atoms with Crippen molar-refractivity contribution >= 4 is 66.4 Å². The van der Waals surface area contributed by atoms with E-state index in [9.17, 15) is 0 Å². The van der Waals surface area contributed by atoms with Gasteiger partial charge in [0, 0.05) is 32.1 Å². The third-order valence-corrected chi connectivity index (χ3v) is 11.3. The van der Waals surface area contributed by atoms with Crippen LogP contribution in [0.5, 0.6) is 0 Å². The molecular weight excluding hydrogens is 517 g/mol. The van der Waals surface area contributed by atoms with Crippen LogP contribution in [-0.4, -0.2) is 4.57 Å². The zero-order valence-electron chi connectivity index (χ0n) is 22.3. The second kappa shape index (κ2) is 9.34. The van der Waals surface area contributed by atoms with E-state index in [1.807, 2.05) is 60.7 Å². The van der Waals surface area contributed by atoms with Crippen LogP contribution < -0.4 is 15.9 Å². The first-order chi connectivity index (χ1) is 20.2. The Balaban J connectivity index is 1.43. The maximum absolute atomic E-state index is 15.2. The highest BCUT2D eigenvalue weighted by Crippen LogP contribution is 2.44. The molecule has 41 heavy (non-hydrogen) atoms. The molecule has 0 saturated carbocycles. The van der Waals surface area contributed by atoms with Gasteiger partial charge in [-0.3, -0.25) is 0 Å². The predicted octanol–water partition coefficient (Wildman–Crippen LogP) is 8.73. The van der Waals surface area contributed by atoms with Crippen molar-refractivity contribution in [1.29, 1.82) is 0 Å². The van der Waals surface area contributed by atoms with Crippen molar-refractivity contribution < 1.29 is 4.57 Å². The summed E-state index contributed by atoms with van der Waals surface area (Å²) in [7, 11) is -3.10. The summed E-state index contributed by atoms with van der Waals surface area (Å²) in [6.45, 7) is 0. The van der Waals surface area contributed by atoms with Crippen LogP contribution in [0.1, 0.15) is 0 Å². The average Bonchev–Trinajstić information content (AvgIpc) is 3.37. The number of rotatable bonds is 4. The Morgan fingerprint density at radius 2 is 0.976 bits per heavy atom. The molecule has 0 radical (unpaired) electrons. The Bertz CT molecular complexity index is 2240. The Labute approximate surface area is 238 Å². The second-order valence-corrected chi connectivity index (χ2v) is 13.3. The Kier molecular flexibility index (Phi) is 5.45. The lowest BCUT2D eigenvalue weighted by atomic mass is 10.0. The van der Waals surface area contributed by atoms with Gasteiger partial charge in [0.05, 0.1) is 16.7 Å². The largest absolute Gasteiger partial charge is 0.309 e. The van der Waals surface area contributed by atoms with Crippen molar-refractivity contribution in [3.63, 3.8) is 0 Å². The summed E-state index contributed by atoms with van der Waals surface area (Å²) in [4.78, 5) is 0. The number of hydrogen-bond acceptors (Lipinski definition) is 1. The number of benzene rings is 7. The molecule has 1 heterocycles. The molecule has 8 rings (SSSR count). The molecule has 194 valence electrons. The molecule has 8 aromatic rings. The summed E-state index contributed by atoms with van der Waals surface area (Å²) in [6, 6.07) is 54.3. The standard InChI is InChI=1S/C38H26NOP/c40-41(30-15-3-1-4-16-30,31-17-5-2-6-18-31)32-22-23-38-35(26-32)33-19-9-10-20-36(33)39(38)37-21-11-14-29-24-27-12-7-8-13-28(27)25-34(29)37/h1-26H. The van der Waals surface area contributed by atoms with Crippen molar-refractivity contribution in [2.45, 2.75) is 0 Å². The summed E-state index contributed by atoms with van der Waals surface area (Å²) >= 11 is 0. The fourth-order valence-electron chi connectivity index (χ4n) is 6.28. The molecule has 0 N–H and O–H groups in total. The molecule has 0 aliphatic heterocycles. The molecule has 0 amide bonds. The van der Waals surface area contributed by atoms with Gasteiger partial charge in [0.1, 0.15) is 0 Å². The van der Waals surface area contributed by atoms with Crippen molar-refractivity contribution in [3.8, 4) is 5.69 Å². The predicted molar refractivity (Wildman–Crippen MR) is 175 cm³/mol. The van der Waals surface area contributed by atoms with E-state index in [-0.39, 0.29) is 0 Å². The minimum absolute atomic E-state index is 0.842. The molecule has 0 atom stereocenters. The van der Waals surface area contributed by atoms with Crippen LogP contribution in [0.3, 0.4) is 0 Å². The summed E-state index contributed by atoms with van der Waals surface area (Å²) in [5, 5.41) is 9.65. The van der Waals surface area contributed by atoms with Crippen LogP contribution in [-0.2, 0) is 4.57 Å². The summed E-state index contributed by atoms with van der Waals surface area (Å²) in [6.07, 6.45) is 0. The molecule has 1 aromatic heterocycles. The van der Waals surface area contributed by atoms with Crippen LogP contribution >= 0.6 is 7.14 Å². The third kappa shape index (κ3) is 3.69. The van der Waals surface area contributed by atoms with Crippen molar-refractivity contribution in [2.24, 2.45) is 0 Å². The van der Waals surface area contributed by atoms with E-state index in [1.54, 1.807) is 0 Å². The molecule has 3 heteroatoms. The first kappa shape index (κ1) is 23.9. The topological polar surface area (TPSA) is 22.0 Å². The fraction of sp³-hybridized carbons (Fsp3) is 0. The molecule has 7 aromatic carbocycles. The lowest BCUT2D eigenvalue weighted by molar-refractivity contribution is 0.592. The quantitative estimate of drug-likeness (QED) is 0.161. The van der Waals surface area contributed by atoms with Gasteiger partial charge in [0.2, 0.25) is 0 Å². The van der Waals surface area contributed by atoms with E-state index >= 15 is 4.57 Å². The van der Waals surface area contributed by atoms with Gasteiger partial charge in [-0.05, 0) is 58.6 Å². The second-order valence-electron chi connectivity index (χ2n) is 10.5. The van der Waals surface area contributed by atoms with Crippen molar-refractivity contribution in [2.75, 3.05) is 0 Å². The molecule has 0 unspecified atom stereocenters. The van der Waals surface area contributed by atoms with Gasteiger partial charge in [0.25, 0.3) is 0 Å². The number of para-hydroxylation sites is 1. The highest BCUT2D eigenvalue weighted by Gasteiger charge is 2.30. The van der Waals surface area contributed by atoms with Crippen LogP contribution in [0.4, 0.5) is 0 Å². The summed E-state index contributed by atoms with van der Waals surface area (Å²) in [5.74, 6) is 0. The maximum atomic E-state index is 15.2. The van der Waals surface area contributed by atoms with Gasteiger partial charge < -0.3 is 9.13 Å². The Hall–Kier alpha value is -4.91. The SMILES string of the molecule is O=P(c1ccccc1)(c1ccccc1)c1ccc2c(c1)c1ccccc1n2-c1cccc2cc3ccccc3cc12. The van der Waals surface area contributed by atoms with E-state index in [0.29, 0.717) is 0 Å². The minimum Gasteiger partial charge on any atom is -0.309 e. The van der Waals surface area contributed by atoms with Gasteiger partial charge in [-0.25, -0.2) is 0 Å². The van der Waals surface area contributed by atoms with Crippen LogP contribution in [0.15, 0.2) is 158 Å². The third-order valence-electron chi connectivity index (χ3n) is 8.22. The molecule has 0 aliphatic carbocycles. The normalized spacial score (nSPS) is 12.0. The first-order valence-electron chi connectivity index (χ1n) is 13.9. The zero-order valence-corrected chi connectivity index (χ0v) is 23.2. The van der Waals surface area contributed by atoms with E-state index in [2.05, 4.69) is 102 Å². The summed E-state index contributed by atoms with van der Waals surface area (Å²) in [5.41, 5.74) is 3.37. The lowest BCUT2D eigenvalue weighted by Gasteiger charge is -2.20.